The van der Waals surface area contributed by atoms with Crippen LogP contribution in [0.1, 0.15) is 22.7 Å². The molecular formula is C21H18N6O3. The number of carbonyl (C=O) groups excluding carboxylic acids is 2. The van der Waals surface area contributed by atoms with Gasteiger partial charge in [-0.15, -0.1) is 0 Å². The molecular weight excluding hydrogens is 384 g/mol. The average Bonchev–Trinajstić information content (AvgIpc) is 3.24. The summed E-state index contributed by atoms with van der Waals surface area (Å²) >= 11 is 0. The largest absolute Gasteiger partial charge is 0.364 e. The van der Waals surface area contributed by atoms with Crippen LogP contribution in [-0.4, -0.2) is 31.6 Å². The number of carbonyl (C=O) groups is 2. The molecule has 2 amide bonds. The van der Waals surface area contributed by atoms with E-state index < -0.39 is 5.91 Å². The molecule has 0 fully saturated rings. The fourth-order valence-electron chi connectivity index (χ4n) is 3.01. The van der Waals surface area contributed by atoms with Crippen molar-refractivity contribution in [1.29, 1.82) is 0 Å². The molecule has 30 heavy (non-hydrogen) atoms. The van der Waals surface area contributed by atoms with Gasteiger partial charge in [0.15, 0.2) is 0 Å². The predicted octanol–water partition coefficient (Wildman–Crippen LogP) is 1.78. The SMILES string of the molecule is NC(=O)c1ccn(-c2ccc(NC(=O)CCc3nc4ccccc4c(=O)[nH]3)cc2)n1. The standard InChI is InChI=1S/C21H18N6O3/c22-20(29)17-11-12-27(26-17)14-7-5-13(6-8-14)23-19(28)10-9-18-24-16-4-2-1-3-15(16)21(30)25-18/h1-8,11-12H,9-10H2,(H2,22,29)(H,23,28)(H,24,25,30). The van der Waals surface area contributed by atoms with E-state index in [2.05, 4.69) is 20.4 Å². The summed E-state index contributed by atoms with van der Waals surface area (Å²) in [7, 11) is 0. The first-order valence-corrected chi connectivity index (χ1v) is 9.23. The second-order valence-corrected chi connectivity index (χ2v) is 6.63. The molecule has 0 aliphatic heterocycles. The second-order valence-electron chi connectivity index (χ2n) is 6.63. The van der Waals surface area contributed by atoms with Crippen LogP contribution >= 0.6 is 0 Å². The van der Waals surface area contributed by atoms with Crippen molar-refractivity contribution in [1.82, 2.24) is 19.7 Å². The molecule has 0 spiro atoms. The molecule has 0 unspecified atom stereocenters. The Morgan fingerprint density at radius 2 is 1.83 bits per heavy atom. The Kier molecular flexibility index (Phi) is 5.08. The van der Waals surface area contributed by atoms with Crippen LogP contribution in [-0.2, 0) is 11.2 Å². The number of anilines is 1. The molecule has 0 radical (unpaired) electrons. The number of amides is 2. The maximum atomic E-state index is 12.3. The van der Waals surface area contributed by atoms with E-state index >= 15 is 0 Å². The Balaban J connectivity index is 1.38. The fourth-order valence-corrected chi connectivity index (χ4v) is 3.01. The molecule has 2 aromatic carbocycles. The molecule has 4 N–H and O–H groups in total. The first-order valence-electron chi connectivity index (χ1n) is 9.23. The van der Waals surface area contributed by atoms with Gasteiger partial charge in [0, 0.05) is 24.7 Å². The minimum Gasteiger partial charge on any atom is -0.364 e. The van der Waals surface area contributed by atoms with E-state index in [1.165, 1.54) is 10.7 Å². The lowest BCUT2D eigenvalue weighted by Gasteiger charge is -2.07. The van der Waals surface area contributed by atoms with Gasteiger partial charge < -0.3 is 16.0 Å². The molecule has 0 saturated heterocycles. The van der Waals surface area contributed by atoms with Gasteiger partial charge in [-0.2, -0.15) is 5.10 Å². The number of nitrogens with one attached hydrogen (secondary N) is 2. The summed E-state index contributed by atoms with van der Waals surface area (Å²) in [6.45, 7) is 0. The first kappa shape index (κ1) is 19.1. The fraction of sp³-hybridized carbons (Fsp3) is 0.0952. The highest BCUT2D eigenvalue weighted by atomic mass is 16.2. The third-order valence-corrected chi connectivity index (χ3v) is 4.51. The lowest BCUT2D eigenvalue weighted by Crippen LogP contribution is -2.16. The summed E-state index contributed by atoms with van der Waals surface area (Å²) in [5.41, 5.74) is 7.10. The summed E-state index contributed by atoms with van der Waals surface area (Å²) in [6, 6.07) is 15.6. The number of para-hydroxylation sites is 1. The third-order valence-electron chi connectivity index (χ3n) is 4.51. The monoisotopic (exact) mass is 402 g/mol. The molecule has 0 atom stereocenters. The summed E-state index contributed by atoms with van der Waals surface area (Å²) in [5, 5.41) is 7.40. The molecule has 9 nitrogen and oxygen atoms in total. The van der Waals surface area contributed by atoms with Gasteiger partial charge in [-0.3, -0.25) is 14.4 Å². The van der Waals surface area contributed by atoms with Crippen LogP contribution in [0.15, 0.2) is 65.6 Å². The molecule has 2 heterocycles. The zero-order valence-corrected chi connectivity index (χ0v) is 15.8. The number of nitrogens with zero attached hydrogens (tertiary/aromatic N) is 3. The Bertz CT molecular complexity index is 1290. The van der Waals surface area contributed by atoms with E-state index in [0.717, 1.165) is 5.69 Å². The van der Waals surface area contributed by atoms with Gasteiger partial charge in [-0.05, 0) is 42.5 Å². The van der Waals surface area contributed by atoms with Gasteiger partial charge in [0.2, 0.25) is 5.91 Å². The predicted molar refractivity (Wildman–Crippen MR) is 111 cm³/mol. The normalized spacial score (nSPS) is 10.8. The average molecular weight is 402 g/mol. The van der Waals surface area contributed by atoms with Gasteiger partial charge in [0.1, 0.15) is 11.5 Å². The number of H-pyrrole nitrogens is 1. The maximum Gasteiger partial charge on any atom is 0.269 e. The number of aromatic amines is 1. The number of primary amides is 1. The molecule has 2 aromatic heterocycles. The van der Waals surface area contributed by atoms with Crippen LogP contribution in [0, 0.1) is 0 Å². The molecule has 9 heteroatoms. The highest BCUT2D eigenvalue weighted by Crippen LogP contribution is 2.14. The summed E-state index contributed by atoms with van der Waals surface area (Å²) in [6.07, 6.45) is 2.11. The number of aryl methyl sites for hydroxylation is 1. The van der Waals surface area contributed by atoms with Gasteiger partial charge in [0.05, 0.1) is 16.6 Å². The van der Waals surface area contributed by atoms with Crippen molar-refractivity contribution in [2.45, 2.75) is 12.8 Å². The van der Waals surface area contributed by atoms with Crippen LogP contribution in [0.2, 0.25) is 0 Å². The van der Waals surface area contributed by atoms with E-state index in [4.69, 9.17) is 5.73 Å². The van der Waals surface area contributed by atoms with E-state index in [0.29, 0.717) is 28.8 Å². The van der Waals surface area contributed by atoms with Gasteiger partial charge in [-0.25, -0.2) is 9.67 Å². The highest BCUT2D eigenvalue weighted by Gasteiger charge is 2.09. The van der Waals surface area contributed by atoms with Crippen molar-refractivity contribution < 1.29 is 9.59 Å². The number of aromatic nitrogens is 4. The molecule has 0 saturated carbocycles. The zero-order valence-electron chi connectivity index (χ0n) is 15.8. The number of benzene rings is 2. The van der Waals surface area contributed by atoms with Crippen molar-refractivity contribution in [2.75, 3.05) is 5.32 Å². The number of hydrogen-bond donors (Lipinski definition) is 3. The zero-order chi connectivity index (χ0) is 21.1. The van der Waals surface area contributed by atoms with E-state index in [1.807, 2.05) is 6.07 Å². The molecule has 150 valence electrons. The summed E-state index contributed by atoms with van der Waals surface area (Å²) < 4.78 is 1.52. The number of rotatable bonds is 6. The lowest BCUT2D eigenvalue weighted by atomic mass is 10.2. The Labute approximate surface area is 170 Å². The molecule has 4 rings (SSSR count). The van der Waals surface area contributed by atoms with E-state index in [1.54, 1.807) is 48.7 Å². The molecule has 4 aromatic rings. The molecule has 0 aliphatic carbocycles. The van der Waals surface area contributed by atoms with Crippen molar-refractivity contribution >= 4 is 28.4 Å². The smallest absolute Gasteiger partial charge is 0.269 e. The minimum atomic E-state index is -0.597. The van der Waals surface area contributed by atoms with Gasteiger partial charge >= 0.3 is 0 Å². The topological polar surface area (TPSA) is 136 Å². The van der Waals surface area contributed by atoms with Crippen LogP contribution < -0.4 is 16.6 Å². The first-order chi connectivity index (χ1) is 14.5. The van der Waals surface area contributed by atoms with Crippen molar-refractivity contribution in [3.63, 3.8) is 0 Å². The third kappa shape index (κ3) is 4.09. The minimum absolute atomic E-state index is 0.171. The highest BCUT2D eigenvalue weighted by molar-refractivity contribution is 5.91. The lowest BCUT2D eigenvalue weighted by molar-refractivity contribution is -0.116. The van der Waals surface area contributed by atoms with Gasteiger partial charge in [0.25, 0.3) is 11.5 Å². The molecule has 0 bridgehead atoms. The van der Waals surface area contributed by atoms with E-state index in [-0.39, 0.29) is 23.6 Å². The maximum absolute atomic E-state index is 12.3. The van der Waals surface area contributed by atoms with Crippen molar-refractivity contribution in [2.24, 2.45) is 5.73 Å². The summed E-state index contributed by atoms with van der Waals surface area (Å²) in [5.74, 6) is -0.332. The Hall–Kier alpha value is -4.27. The number of hydrogen-bond acceptors (Lipinski definition) is 5. The Morgan fingerprint density at radius 3 is 2.57 bits per heavy atom. The van der Waals surface area contributed by atoms with Crippen LogP contribution in [0.25, 0.3) is 16.6 Å². The van der Waals surface area contributed by atoms with Crippen LogP contribution in [0.3, 0.4) is 0 Å². The Morgan fingerprint density at radius 1 is 1.07 bits per heavy atom. The van der Waals surface area contributed by atoms with Gasteiger partial charge in [-0.1, -0.05) is 12.1 Å². The van der Waals surface area contributed by atoms with E-state index in [9.17, 15) is 14.4 Å². The van der Waals surface area contributed by atoms with Crippen LogP contribution in [0.4, 0.5) is 5.69 Å². The summed E-state index contributed by atoms with van der Waals surface area (Å²) in [4.78, 5) is 42.6. The van der Waals surface area contributed by atoms with Crippen molar-refractivity contribution in [3.05, 3.63) is 82.7 Å². The van der Waals surface area contributed by atoms with Crippen molar-refractivity contribution in [3.8, 4) is 5.69 Å². The van der Waals surface area contributed by atoms with Crippen LogP contribution in [0.5, 0.6) is 0 Å². The molecule has 0 aliphatic rings. The quantitative estimate of drug-likeness (QED) is 0.452. The second kappa shape index (κ2) is 8.00. The number of fused-ring (bicyclic) bond motifs is 1. The number of nitrogens with two attached hydrogens (primary N) is 1.